The molecule has 0 aromatic heterocycles. The molecule has 3 rings (SSSR count). The summed E-state index contributed by atoms with van der Waals surface area (Å²) in [5, 5.41) is 10.5. The Morgan fingerprint density at radius 2 is 1.81 bits per heavy atom. The van der Waals surface area contributed by atoms with Gasteiger partial charge in [0.2, 0.25) is 0 Å². The highest BCUT2D eigenvalue weighted by atomic mass is 16.5. The fraction of sp³-hybridized carbons (Fsp3) is 0.375. The van der Waals surface area contributed by atoms with Crippen LogP contribution in [0, 0.1) is 5.92 Å². The second-order valence-electron chi connectivity index (χ2n) is 5.32. The third-order valence-electron chi connectivity index (χ3n) is 4.44. The van der Waals surface area contributed by atoms with Crippen molar-refractivity contribution in [1.29, 1.82) is 0 Å². The van der Waals surface area contributed by atoms with Gasteiger partial charge in [-0.25, -0.2) is 4.79 Å². The summed E-state index contributed by atoms with van der Waals surface area (Å²) in [6.07, 6.45) is 0.605. The summed E-state index contributed by atoms with van der Waals surface area (Å²) in [5.74, 6) is -2.57. The van der Waals surface area contributed by atoms with Crippen molar-refractivity contribution in [3.8, 4) is 0 Å². The minimum absolute atomic E-state index is 0.160. The molecular weight excluding hydrogens is 272 g/mol. The lowest BCUT2D eigenvalue weighted by atomic mass is 9.77. The Balaban J connectivity index is 2.20. The van der Waals surface area contributed by atoms with Crippen LogP contribution in [0.1, 0.15) is 29.4 Å². The van der Waals surface area contributed by atoms with E-state index in [1.165, 1.54) is 14.2 Å². The molecule has 5 nitrogen and oxygen atoms in total. The van der Waals surface area contributed by atoms with Crippen LogP contribution in [-0.2, 0) is 19.1 Å². The van der Waals surface area contributed by atoms with E-state index in [1.807, 2.05) is 24.3 Å². The molecule has 0 aliphatic heterocycles. The normalized spacial score (nSPS) is 26.3. The molecule has 0 fully saturated rings. The van der Waals surface area contributed by atoms with Gasteiger partial charge in [-0.15, -0.1) is 0 Å². The maximum atomic E-state index is 12.1. The van der Waals surface area contributed by atoms with E-state index in [0.717, 1.165) is 11.1 Å². The lowest BCUT2D eigenvalue weighted by molar-refractivity contribution is -0.146. The van der Waals surface area contributed by atoms with E-state index in [1.54, 1.807) is 0 Å². The van der Waals surface area contributed by atoms with Crippen LogP contribution >= 0.6 is 0 Å². The number of benzene rings is 1. The first-order valence-electron chi connectivity index (χ1n) is 6.78. The Hall–Kier alpha value is -2.30. The van der Waals surface area contributed by atoms with E-state index < -0.39 is 17.9 Å². The highest BCUT2D eigenvalue weighted by Gasteiger charge is 2.50. The number of fused-ring (bicyclic) bond motifs is 5. The van der Waals surface area contributed by atoms with Crippen molar-refractivity contribution in [3.63, 3.8) is 0 Å². The lowest BCUT2D eigenvalue weighted by Gasteiger charge is -2.28. The van der Waals surface area contributed by atoms with Gasteiger partial charge in [0.1, 0.15) is 11.7 Å². The van der Waals surface area contributed by atoms with E-state index in [0.29, 0.717) is 6.42 Å². The van der Waals surface area contributed by atoms with Gasteiger partial charge in [0.15, 0.2) is 0 Å². The molecule has 1 N–H and O–H groups in total. The van der Waals surface area contributed by atoms with Crippen LogP contribution in [0.5, 0.6) is 0 Å². The Kier molecular flexibility index (Phi) is 3.20. The number of esters is 2. The number of aliphatic hydroxyl groups is 1. The molecule has 0 saturated heterocycles. The van der Waals surface area contributed by atoms with E-state index >= 15 is 0 Å². The highest BCUT2D eigenvalue weighted by molar-refractivity contribution is 5.94. The van der Waals surface area contributed by atoms with Gasteiger partial charge >= 0.3 is 11.9 Å². The van der Waals surface area contributed by atoms with Crippen molar-refractivity contribution < 1.29 is 24.2 Å². The Morgan fingerprint density at radius 1 is 1.14 bits per heavy atom. The van der Waals surface area contributed by atoms with Crippen LogP contribution in [0.4, 0.5) is 0 Å². The van der Waals surface area contributed by atoms with Gasteiger partial charge < -0.3 is 14.6 Å². The number of carbonyl (C=O) groups is 2. The Morgan fingerprint density at radius 3 is 2.43 bits per heavy atom. The molecule has 0 radical (unpaired) electrons. The van der Waals surface area contributed by atoms with Gasteiger partial charge in [0.25, 0.3) is 0 Å². The lowest BCUT2D eigenvalue weighted by Crippen LogP contribution is -2.31. The first-order valence-corrected chi connectivity index (χ1v) is 6.78. The Labute approximate surface area is 122 Å². The first kappa shape index (κ1) is 13.7. The predicted octanol–water partition coefficient (Wildman–Crippen LogP) is 2.05. The third-order valence-corrected chi connectivity index (χ3v) is 4.44. The molecule has 0 amide bonds. The zero-order valence-electron chi connectivity index (χ0n) is 11.8. The van der Waals surface area contributed by atoms with Crippen LogP contribution in [-0.4, -0.2) is 31.3 Å². The molecule has 0 spiro atoms. The fourth-order valence-corrected chi connectivity index (χ4v) is 3.56. The maximum Gasteiger partial charge on any atom is 0.337 e. The van der Waals surface area contributed by atoms with Crippen molar-refractivity contribution in [2.45, 2.75) is 18.3 Å². The molecule has 1 aromatic rings. The maximum absolute atomic E-state index is 12.1. The van der Waals surface area contributed by atoms with Crippen molar-refractivity contribution in [3.05, 3.63) is 46.7 Å². The van der Waals surface area contributed by atoms with Crippen molar-refractivity contribution in [2.75, 3.05) is 14.2 Å². The van der Waals surface area contributed by atoms with E-state index in [2.05, 4.69) is 0 Å². The van der Waals surface area contributed by atoms with Gasteiger partial charge in [-0.1, -0.05) is 24.3 Å². The van der Waals surface area contributed by atoms with Crippen molar-refractivity contribution >= 4 is 11.9 Å². The zero-order chi connectivity index (χ0) is 15.1. The molecule has 2 bridgehead atoms. The Bertz CT molecular complexity index is 646. The summed E-state index contributed by atoms with van der Waals surface area (Å²) in [4.78, 5) is 24.1. The number of rotatable bonds is 2. The predicted molar refractivity (Wildman–Crippen MR) is 73.7 cm³/mol. The fourth-order valence-electron chi connectivity index (χ4n) is 3.56. The topological polar surface area (TPSA) is 72.8 Å². The SMILES string of the molecule is COC(=O)C1=C(O)[C@@H](C(=O)OC)[C@H]2C[C@H]1c1ccccc12. The number of aliphatic hydroxyl groups excluding tert-OH is 1. The molecular formula is C16H16O5. The number of carbonyl (C=O) groups excluding carboxylic acids is 2. The first-order chi connectivity index (χ1) is 10.1. The van der Waals surface area contributed by atoms with Crippen LogP contribution in [0.3, 0.4) is 0 Å². The van der Waals surface area contributed by atoms with Crippen LogP contribution < -0.4 is 0 Å². The van der Waals surface area contributed by atoms with E-state index in [9.17, 15) is 14.7 Å². The monoisotopic (exact) mass is 288 g/mol. The smallest absolute Gasteiger partial charge is 0.337 e. The van der Waals surface area contributed by atoms with Crippen LogP contribution in [0.15, 0.2) is 35.6 Å². The standard InChI is InChI=1S/C16H16O5/c1-20-15(18)12-10-7-11(9-6-4-3-5-8(9)10)13(14(12)17)16(19)21-2/h3-6,10-12,17H,7H2,1-2H3/t10-,11-,12-/m0/s1. The summed E-state index contributed by atoms with van der Waals surface area (Å²) in [5.41, 5.74) is 2.14. The van der Waals surface area contributed by atoms with Gasteiger partial charge in [-0.05, 0) is 17.5 Å². The average molecular weight is 288 g/mol. The van der Waals surface area contributed by atoms with E-state index in [-0.39, 0.29) is 23.2 Å². The van der Waals surface area contributed by atoms with Gasteiger partial charge in [0, 0.05) is 11.8 Å². The molecule has 110 valence electrons. The highest BCUT2D eigenvalue weighted by Crippen LogP contribution is 2.55. The summed E-state index contributed by atoms with van der Waals surface area (Å²) >= 11 is 0. The minimum atomic E-state index is -0.844. The number of ether oxygens (including phenoxy) is 2. The van der Waals surface area contributed by atoms with Crippen molar-refractivity contribution in [1.82, 2.24) is 0 Å². The summed E-state index contributed by atoms with van der Waals surface area (Å²) in [6, 6.07) is 7.64. The molecule has 21 heavy (non-hydrogen) atoms. The van der Waals surface area contributed by atoms with E-state index in [4.69, 9.17) is 9.47 Å². The number of methoxy groups -OCH3 is 2. The van der Waals surface area contributed by atoms with Gasteiger partial charge in [0.05, 0.1) is 19.8 Å². The average Bonchev–Trinajstić information content (AvgIpc) is 2.83. The molecule has 5 heteroatoms. The molecule has 2 aliphatic rings. The quantitative estimate of drug-likeness (QED) is 0.843. The summed E-state index contributed by atoms with van der Waals surface area (Å²) < 4.78 is 9.58. The molecule has 0 heterocycles. The molecule has 1 aromatic carbocycles. The zero-order valence-corrected chi connectivity index (χ0v) is 11.8. The molecule has 2 aliphatic carbocycles. The third kappa shape index (κ3) is 1.84. The number of hydrogen-bond acceptors (Lipinski definition) is 5. The van der Waals surface area contributed by atoms with Crippen molar-refractivity contribution in [2.24, 2.45) is 5.92 Å². The summed E-state index contributed by atoms with van der Waals surface area (Å²) in [7, 11) is 2.54. The second-order valence-corrected chi connectivity index (χ2v) is 5.32. The van der Waals surface area contributed by atoms with Gasteiger partial charge in [-0.3, -0.25) is 4.79 Å². The minimum Gasteiger partial charge on any atom is -0.511 e. The largest absolute Gasteiger partial charge is 0.511 e. The second kappa shape index (κ2) is 4.91. The van der Waals surface area contributed by atoms with Gasteiger partial charge in [-0.2, -0.15) is 0 Å². The molecule has 3 atom stereocenters. The van der Waals surface area contributed by atoms with Crippen LogP contribution in [0.25, 0.3) is 0 Å². The van der Waals surface area contributed by atoms with Crippen LogP contribution in [0.2, 0.25) is 0 Å². The number of hydrogen-bond donors (Lipinski definition) is 1. The molecule has 0 unspecified atom stereocenters. The molecule has 0 saturated carbocycles. The summed E-state index contributed by atoms with van der Waals surface area (Å²) in [6.45, 7) is 0.